The SMILES string of the molecule is CCSc1ccc(CCc2nccn3c(NC)c(C)c(CC)c23)cc1. The van der Waals surface area contributed by atoms with E-state index in [0.29, 0.717) is 0 Å². The minimum atomic E-state index is 0.963. The number of anilines is 1. The number of benzene rings is 1. The molecule has 0 fully saturated rings. The van der Waals surface area contributed by atoms with Crippen molar-refractivity contribution in [2.24, 2.45) is 0 Å². The molecule has 0 aliphatic carbocycles. The Morgan fingerprint density at radius 3 is 2.52 bits per heavy atom. The summed E-state index contributed by atoms with van der Waals surface area (Å²) in [4.78, 5) is 6.06. The van der Waals surface area contributed by atoms with Crippen molar-refractivity contribution in [1.29, 1.82) is 0 Å². The van der Waals surface area contributed by atoms with Crippen LogP contribution in [0, 0.1) is 6.92 Å². The Labute approximate surface area is 154 Å². The molecule has 0 aliphatic rings. The van der Waals surface area contributed by atoms with Crippen molar-refractivity contribution in [1.82, 2.24) is 9.38 Å². The van der Waals surface area contributed by atoms with Crippen molar-refractivity contribution in [3.63, 3.8) is 0 Å². The average molecular weight is 354 g/mol. The maximum Gasteiger partial charge on any atom is 0.113 e. The largest absolute Gasteiger partial charge is 0.374 e. The van der Waals surface area contributed by atoms with Crippen LogP contribution in [0.3, 0.4) is 0 Å². The van der Waals surface area contributed by atoms with Gasteiger partial charge in [0.25, 0.3) is 0 Å². The molecule has 0 unspecified atom stereocenters. The van der Waals surface area contributed by atoms with Crippen molar-refractivity contribution in [2.75, 3.05) is 18.1 Å². The van der Waals surface area contributed by atoms with Crippen LogP contribution in [-0.2, 0) is 19.3 Å². The molecule has 25 heavy (non-hydrogen) atoms. The third-order valence-electron chi connectivity index (χ3n) is 4.77. The molecule has 2 heterocycles. The van der Waals surface area contributed by atoms with E-state index in [1.54, 1.807) is 0 Å². The maximum absolute atomic E-state index is 4.71. The third kappa shape index (κ3) is 3.54. The van der Waals surface area contributed by atoms with Gasteiger partial charge in [-0.25, -0.2) is 0 Å². The predicted molar refractivity (Wildman–Crippen MR) is 109 cm³/mol. The Morgan fingerprint density at radius 2 is 1.88 bits per heavy atom. The highest BCUT2D eigenvalue weighted by Crippen LogP contribution is 2.29. The van der Waals surface area contributed by atoms with Gasteiger partial charge in [-0.15, -0.1) is 11.8 Å². The van der Waals surface area contributed by atoms with Crippen LogP contribution >= 0.6 is 11.8 Å². The lowest BCUT2D eigenvalue weighted by molar-refractivity contribution is 0.903. The molecule has 0 spiro atoms. The molecule has 0 amide bonds. The molecule has 3 rings (SSSR count). The Hall–Kier alpha value is -1.94. The predicted octanol–water partition coefficient (Wildman–Crippen LogP) is 5.14. The normalized spacial score (nSPS) is 11.2. The van der Waals surface area contributed by atoms with Crippen molar-refractivity contribution in [2.45, 2.75) is 44.9 Å². The highest BCUT2D eigenvalue weighted by Gasteiger charge is 2.16. The summed E-state index contributed by atoms with van der Waals surface area (Å²) in [6.07, 6.45) is 6.99. The highest BCUT2D eigenvalue weighted by atomic mass is 32.2. The van der Waals surface area contributed by atoms with E-state index in [1.165, 1.54) is 38.6 Å². The number of nitrogens with zero attached hydrogens (tertiary/aromatic N) is 2. The fraction of sp³-hybridized carbons (Fsp3) is 0.381. The first-order chi connectivity index (χ1) is 12.2. The zero-order valence-electron chi connectivity index (χ0n) is 15.6. The molecule has 2 aromatic heterocycles. The van der Waals surface area contributed by atoms with E-state index in [4.69, 9.17) is 4.98 Å². The topological polar surface area (TPSA) is 29.3 Å². The van der Waals surface area contributed by atoms with E-state index in [0.717, 1.165) is 25.0 Å². The Balaban J connectivity index is 1.88. The molecule has 0 aliphatic heterocycles. The number of fused-ring (bicyclic) bond motifs is 1. The zero-order chi connectivity index (χ0) is 17.8. The van der Waals surface area contributed by atoms with Crippen molar-refractivity contribution >= 4 is 23.1 Å². The summed E-state index contributed by atoms with van der Waals surface area (Å²) >= 11 is 1.89. The molecule has 0 atom stereocenters. The van der Waals surface area contributed by atoms with Gasteiger partial charge < -0.3 is 5.32 Å². The molecule has 0 saturated carbocycles. The Morgan fingerprint density at radius 1 is 1.12 bits per heavy atom. The summed E-state index contributed by atoms with van der Waals surface area (Å²) < 4.78 is 2.26. The van der Waals surface area contributed by atoms with Gasteiger partial charge >= 0.3 is 0 Å². The number of hydrogen-bond donors (Lipinski definition) is 1. The van der Waals surface area contributed by atoms with Crippen LogP contribution in [0.2, 0.25) is 0 Å². The second-order valence-corrected chi connectivity index (χ2v) is 7.56. The number of hydrogen-bond acceptors (Lipinski definition) is 3. The van der Waals surface area contributed by atoms with Crippen LogP contribution in [0.4, 0.5) is 5.82 Å². The summed E-state index contributed by atoms with van der Waals surface area (Å²) in [7, 11) is 1.99. The van der Waals surface area contributed by atoms with Crippen LogP contribution in [-0.4, -0.2) is 22.2 Å². The van der Waals surface area contributed by atoms with Gasteiger partial charge in [0.2, 0.25) is 0 Å². The standard InChI is InChI=1S/C21H27N3S/c1-5-18-15(3)21(22-4)24-14-13-23-19(20(18)24)12-9-16-7-10-17(11-8-16)25-6-2/h7-8,10-11,13-14,22H,5-6,9,12H2,1-4H3. The lowest BCUT2D eigenvalue weighted by atomic mass is 10.0. The maximum atomic E-state index is 4.71. The van der Waals surface area contributed by atoms with Crippen LogP contribution in [0.5, 0.6) is 0 Å². The molecule has 4 heteroatoms. The van der Waals surface area contributed by atoms with Crippen LogP contribution < -0.4 is 5.32 Å². The van der Waals surface area contributed by atoms with Gasteiger partial charge in [-0.3, -0.25) is 9.38 Å². The van der Waals surface area contributed by atoms with Gasteiger partial charge in [-0.05, 0) is 60.8 Å². The first-order valence-corrected chi connectivity index (χ1v) is 10.0. The summed E-state index contributed by atoms with van der Waals surface area (Å²) in [5, 5.41) is 3.35. The first-order valence-electron chi connectivity index (χ1n) is 9.06. The number of nitrogens with one attached hydrogen (secondary N) is 1. The van der Waals surface area contributed by atoms with E-state index >= 15 is 0 Å². The van der Waals surface area contributed by atoms with Gasteiger partial charge in [-0.1, -0.05) is 26.0 Å². The first kappa shape index (κ1) is 17.9. The summed E-state index contributed by atoms with van der Waals surface area (Å²) in [6, 6.07) is 8.97. The van der Waals surface area contributed by atoms with E-state index in [-0.39, 0.29) is 0 Å². The number of aryl methyl sites for hydroxylation is 3. The molecule has 3 aromatic rings. The minimum Gasteiger partial charge on any atom is -0.374 e. The van der Waals surface area contributed by atoms with E-state index in [1.807, 2.05) is 25.0 Å². The van der Waals surface area contributed by atoms with Gasteiger partial charge in [0.05, 0.1) is 11.2 Å². The summed E-state index contributed by atoms with van der Waals surface area (Å²) in [5.41, 5.74) is 6.59. The fourth-order valence-electron chi connectivity index (χ4n) is 3.58. The van der Waals surface area contributed by atoms with Gasteiger partial charge in [0.15, 0.2) is 0 Å². The highest BCUT2D eigenvalue weighted by molar-refractivity contribution is 7.99. The van der Waals surface area contributed by atoms with Gasteiger partial charge in [0, 0.05) is 24.3 Å². The molecule has 132 valence electrons. The summed E-state index contributed by atoms with van der Waals surface area (Å²) in [5.74, 6) is 2.29. The van der Waals surface area contributed by atoms with E-state index in [2.05, 4.69) is 61.0 Å². The second kappa shape index (κ2) is 7.96. The molecular weight excluding hydrogens is 326 g/mol. The van der Waals surface area contributed by atoms with Crippen molar-refractivity contribution in [3.8, 4) is 0 Å². The third-order valence-corrected chi connectivity index (χ3v) is 5.66. The zero-order valence-corrected chi connectivity index (χ0v) is 16.4. The Kier molecular flexibility index (Phi) is 5.69. The smallest absolute Gasteiger partial charge is 0.113 e. The minimum absolute atomic E-state index is 0.963. The van der Waals surface area contributed by atoms with Crippen LogP contribution in [0.15, 0.2) is 41.6 Å². The molecule has 3 nitrogen and oxygen atoms in total. The summed E-state index contributed by atoms with van der Waals surface area (Å²) in [6.45, 7) is 6.61. The number of rotatable bonds is 7. The lowest BCUT2D eigenvalue weighted by Gasteiger charge is -2.08. The fourth-order valence-corrected chi connectivity index (χ4v) is 4.24. The Bertz CT molecular complexity index is 850. The van der Waals surface area contributed by atoms with Crippen LogP contribution in [0.1, 0.15) is 36.2 Å². The molecular formula is C21H27N3S. The quantitative estimate of drug-likeness (QED) is 0.596. The molecule has 0 saturated heterocycles. The molecule has 1 N–H and O–H groups in total. The molecule has 1 aromatic carbocycles. The van der Waals surface area contributed by atoms with E-state index in [9.17, 15) is 0 Å². The molecule has 0 bridgehead atoms. The monoisotopic (exact) mass is 353 g/mol. The number of thioether (sulfide) groups is 1. The lowest BCUT2D eigenvalue weighted by Crippen LogP contribution is -2.01. The van der Waals surface area contributed by atoms with Crippen molar-refractivity contribution < 1.29 is 0 Å². The van der Waals surface area contributed by atoms with Crippen LogP contribution in [0.25, 0.3) is 5.52 Å². The number of aromatic nitrogens is 2. The average Bonchev–Trinajstić information content (AvgIpc) is 2.92. The molecule has 0 radical (unpaired) electrons. The van der Waals surface area contributed by atoms with Crippen molar-refractivity contribution in [3.05, 3.63) is 59.0 Å². The van der Waals surface area contributed by atoms with Gasteiger partial charge in [0.1, 0.15) is 5.82 Å². The second-order valence-electron chi connectivity index (χ2n) is 6.23. The van der Waals surface area contributed by atoms with Gasteiger partial charge in [-0.2, -0.15) is 0 Å². The van der Waals surface area contributed by atoms with E-state index < -0.39 is 0 Å².